The van der Waals surface area contributed by atoms with Crippen LogP contribution in [0, 0.1) is 11.6 Å². The van der Waals surface area contributed by atoms with Gasteiger partial charge in [-0.1, -0.05) is 6.07 Å². The second kappa shape index (κ2) is 6.60. The summed E-state index contributed by atoms with van der Waals surface area (Å²) in [6, 6.07) is 1.35. The number of halogens is 2. The number of carboxylic acid groups (broad SMARTS) is 1. The Labute approximate surface area is 112 Å². The molecule has 0 fully saturated rings. The number of rotatable bonds is 6. The number of aliphatic carboxylic acids is 1. The first kappa shape index (κ1) is 15.5. The number of benzene rings is 1. The minimum absolute atomic E-state index is 0.271. The predicted molar refractivity (Wildman–Crippen MR) is 63.7 cm³/mol. The zero-order chi connectivity index (χ0) is 15.3. The van der Waals surface area contributed by atoms with Crippen molar-refractivity contribution in [2.45, 2.75) is 18.9 Å². The van der Waals surface area contributed by atoms with Gasteiger partial charge in [0.2, 0.25) is 5.91 Å². The maximum absolute atomic E-state index is 13.3. The second-order valence-electron chi connectivity index (χ2n) is 3.97. The van der Waals surface area contributed by atoms with Crippen molar-refractivity contribution in [1.82, 2.24) is 5.32 Å². The van der Waals surface area contributed by atoms with Gasteiger partial charge in [-0.25, -0.2) is 13.6 Å². The van der Waals surface area contributed by atoms with Crippen LogP contribution in [0.15, 0.2) is 18.2 Å². The highest BCUT2D eigenvalue weighted by Gasteiger charge is 2.24. The van der Waals surface area contributed by atoms with Gasteiger partial charge in [-0.3, -0.25) is 9.59 Å². The van der Waals surface area contributed by atoms with Crippen molar-refractivity contribution in [3.05, 3.63) is 35.4 Å². The molecular formula is C12H12F2N2O4. The highest BCUT2D eigenvalue weighted by Crippen LogP contribution is 2.12. The number of nitrogens with one attached hydrogen (secondary N) is 1. The summed E-state index contributed by atoms with van der Waals surface area (Å²) in [6.45, 7) is 0. The van der Waals surface area contributed by atoms with Crippen LogP contribution in [-0.4, -0.2) is 28.9 Å². The maximum Gasteiger partial charge on any atom is 0.326 e. The van der Waals surface area contributed by atoms with Crippen LogP contribution in [-0.2, 0) is 9.59 Å². The maximum atomic E-state index is 13.3. The second-order valence-corrected chi connectivity index (χ2v) is 3.97. The van der Waals surface area contributed by atoms with Crippen LogP contribution < -0.4 is 11.1 Å². The van der Waals surface area contributed by atoms with E-state index in [9.17, 15) is 23.2 Å². The summed E-state index contributed by atoms with van der Waals surface area (Å²) in [5.41, 5.74) is 3.99. The Balaban J connectivity index is 2.86. The quantitative estimate of drug-likeness (QED) is 0.703. The molecule has 8 heteroatoms. The molecule has 4 N–H and O–H groups in total. The zero-order valence-corrected chi connectivity index (χ0v) is 10.2. The third kappa shape index (κ3) is 4.01. The number of carboxylic acids is 1. The van der Waals surface area contributed by atoms with Crippen LogP contribution in [0.2, 0.25) is 0 Å². The molecule has 0 saturated carbocycles. The first-order valence-corrected chi connectivity index (χ1v) is 5.59. The van der Waals surface area contributed by atoms with Gasteiger partial charge in [-0.05, 0) is 18.6 Å². The van der Waals surface area contributed by atoms with Gasteiger partial charge in [0.05, 0.1) is 0 Å². The van der Waals surface area contributed by atoms with Gasteiger partial charge >= 0.3 is 5.97 Å². The van der Waals surface area contributed by atoms with Crippen molar-refractivity contribution in [2.75, 3.05) is 0 Å². The molecule has 0 aliphatic carbocycles. The van der Waals surface area contributed by atoms with Crippen molar-refractivity contribution in [3.63, 3.8) is 0 Å². The van der Waals surface area contributed by atoms with Gasteiger partial charge in [0.1, 0.15) is 23.2 Å². The molecule has 6 nitrogen and oxygen atoms in total. The Kier molecular flexibility index (Phi) is 5.13. The molecular weight excluding hydrogens is 274 g/mol. The van der Waals surface area contributed by atoms with Gasteiger partial charge in [0.15, 0.2) is 0 Å². The summed E-state index contributed by atoms with van der Waals surface area (Å²) in [5.74, 6) is -5.61. The molecule has 0 aliphatic rings. The Morgan fingerprint density at radius 3 is 2.25 bits per heavy atom. The average Bonchev–Trinajstić information content (AvgIpc) is 2.33. The lowest BCUT2D eigenvalue weighted by Crippen LogP contribution is -2.42. The van der Waals surface area contributed by atoms with E-state index in [0.717, 1.165) is 18.2 Å². The molecule has 1 aromatic carbocycles. The van der Waals surface area contributed by atoms with Crippen LogP contribution >= 0.6 is 0 Å². The molecule has 2 amide bonds. The predicted octanol–water partition coefficient (Wildman–Crippen LogP) is 0.413. The minimum atomic E-state index is -1.46. The SMILES string of the molecule is NC(=O)CC[C@H](NC(=O)c1c(F)cccc1F)C(=O)O. The number of carbonyl (C=O) groups excluding carboxylic acids is 2. The van der Waals surface area contributed by atoms with E-state index in [1.54, 1.807) is 0 Å². The van der Waals surface area contributed by atoms with E-state index in [-0.39, 0.29) is 12.8 Å². The number of nitrogens with two attached hydrogens (primary N) is 1. The van der Waals surface area contributed by atoms with Crippen LogP contribution in [0.4, 0.5) is 8.78 Å². The number of primary amides is 1. The van der Waals surface area contributed by atoms with Crippen LogP contribution in [0.5, 0.6) is 0 Å². The first-order valence-electron chi connectivity index (χ1n) is 5.59. The Morgan fingerprint density at radius 2 is 1.80 bits per heavy atom. The zero-order valence-electron chi connectivity index (χ0n) is 10.2. The third-order valence-electron chi connectivity index (χ3n) is 2.47. The van der Waals surface area contributed by atoms with Gasteiger partial charge in [-0.15, -0.1) is 0 Å². The molecule has 0 aromatic heterocycles. The summed E-state index contributed by atoms with van der Waals surface area (Å²) in [6.07, 6.45) is -0.552. The Hall–Kier alpha value is -2.51. The van der Waals surface area contributed by atoms with E-state index in [4.69, 9.17) is 10.8 Å². The van der Waals surface area contributed by atoms with Crippen molar-refractivity contribution in [1.29, 1.82) is 0 Å². The fraction of sp³-hybridized carbons (Fsp3) is 0.250. The number of hydrogen-bond donors (Lipinski definition) is 3. The van der Waals surface area contributed by atoms with Crippen LogP contribution in [0.1, 0.15) is 23.2 Å². The van der Waals surface area contributed by atoms with Crippen molar-refractivity contribution in [2.24, 2.45) is 5.73 Å². The first-order chi connectivity index (χ1) is 9.32. The number of amides is 2. The van der Waals surface area contributed by atoms with Gasteiger partial charge < -0.3 is 16.2 Å². The molecule has 0 saturated heterocycles. The van der Waals surface area contributed by atoms with Crippen molar-refractivity contribution < 1.29 is 28.3 Å². The van der Waals surface area contributed by atoms with E-state index in [0.29, 0.717) is 0 Å². The summed E-state index contributed by atoms with van der Waals surface area (Å²) < 4.78 is 26.7. The lowest BCUT2D eigenvalue weighted by atomic mass is 10.1. The van der Waals surface area contributed by atoms with Crippen molar-refractivity contribution in [3.8, 4) is 0 Å². The molecule has 0 bridgehead atoms. The fourth-order valence-corrected chi connectivity index (χ4v) is 1.49. The molecule has 0 aliphatic heterocycles. The highest BCUT2D eigenvalue weighted by atomic mass is 19.1. The summed E-state index contributed by atoms with van der Waals surface area (Å²) in [4.78, 5) is 33.2. The van der Waals surface area contributed by atoms with Crippen LogP contribution in [0.3, 0.4) is 0 Å². The molecule has 1 rings (SSSR count). The van der Waals surface area contributed by atoms with Gasteiger partial charge in [0, 0.05) is 6.42 Å². The topological polar surface area (TPSA) is 109 Å². The summed E-state index contributed by atoms with van der Waals surface area (Å²) >= 11 is 0. The average molecular weight is 286 g/mol. The van der Waals surface area contributed by atoms with Crippen LogP contribution in [0.25, 0.3) is 0 Å². The number of carbonyl (C=O) groups is 3. The monoisotopic (exact) mass is 286 g/mol. The smallest absolute Gasteiger partial charge is 0.326 e. The van der Waals surface area contributed by atoms with Gasteiger partial charge in [-0.2, -0.15) is 0 Å². The lowest BCUT2D eigenvalue weighted by molar-refractivity contribution is -0.139. The van der Waals surface area contributed by atoms with E-state index in [1.165, 1.54) is 0 Å². The van der Waals surface area contributed by atoms with E-state index in [1.807, 2.05) is 5.32 Å². The molecule has 1 atom stereocenters. The normalized spacial score (nSPS) is 11.7. The van der Waals surface area contributed by atoms with E-state index in [2.05, 4.69) is 0 Å². The van der Waals surface area contributed by atoms with E-state index >= 15 is 0 Å². The molecule has 0 spiro atoms. The molecule has 108 valence electrons. The third-order valence-corrected chi connectivity index (χ3v) is 2.47. The standard InChI is InChI=1S/C12H12F2N2O4/c13-6-2-1-3-7(14)10(6)11(18)16-8(12(19)20)4-5-9(15)17/h1-3,8H,4-5H2,(H2,15,17)(H,16,18)(H,19,20)/t8-/m0/s1. The van der Waals surface area contributed by atoms with Crippen molar-refractivity contribution >= 4 is 17.8 Å². The van der Waals surface area contributed by atoms with Gasteiger partial charge in [0.25, 0.3) is 5.91 Å². The Morgan fingerprint density at radius 1 is 1.25 bits per heavy atom. The fourth-order valence-electron chi connectivity index (χ4n) is 1.49. The molecule has 1 aromatic rings. The minimum Gasteiger partial charge on any atom is -0.480 e. The van der Waals surface area contributed by atoms with E-state index < -0.39 is 41.0 Å². The number of hydrogen-bond acceptors (Lipinski definition) is 3. The lowest BCUT2D eigenvalue weighted by Gasteiger charge is -2.14. The Bertz CT molecular complexity index is 528. The molecule has 0 unspecified atom stereocenters. The summed E-state index contributed by atoms with van der Waals surface area (Å²) in [7, 11) is 0. The molecule has 0 radical (unpaired) electrons. The molecule has 0 heterocycles. The molecule has 20 heavy (non-hydrogen) atoms. The largest absolute Gasteiger partial charge is 0.480 e. The highest BCUT2D eigenvalue weighted by molar-refractivity contribution is 5.97. The summed E-state index contributed by atoms with van der Waals surface area (Å²) in [5, 5.41) is 10.8.